The average molecular weight is 223 g/mol. The van der Waals surface area contributed by atoms with Crippen molar-refractivity contribution in [2.24, 2.45) is 5.92 Å². The van der Waals surface area contributed by atoms with Crippen LogP contribution in [0.4, 0.5) is 0 Å². The molecule has 0 radical (unpaired) electrons. The van der Waals surface area contributed by atoms with Crippen LogP contribution in [-0.4, -0.2) is 0 Å². The van der Waals surface area contributed by atoms with Gasteiger partial charge < -0.3 is 0 Å². The van der Waals surface area contributed by atoms with Gasteiger partial charge in [-0.3, -0.25) is 0 Å². The molecule has 0 N–H and O–H groups in total. The van der Waals surface area contributed by atoms with Crippen molar-refractivity contribution in [2.45, 2.75) is 46.5 Å². The van der Waals surface area contributed by atoms with Crippen LogP contribution < -0.4 is 0 Å². The van der Waals surface area contributed by atoms with E-state index in [9.17, 15) is 0 Å². The fraction of sp³-hybridized carbons (Fsp3) is 0.615. The van der Waals surface area contributed by atoms with Gasteiger partial charge in [-0.1, -0.05) is 52.4 Å². The molecule has 0 aromatic rings. The summed E-state index contributed by atoms with van der Waals surface area (Å²) in [6.45, 7) is 6.92. The van der Waals surface area contributed by atoms with Crippen molar-refractivity contribution in [2.75, 3.05) is 0 Å². The molecule has 0 fully saturated rings. The maximum atomic E-state index is 2.45. The summed E-state index contributed by atoms with van der Waals surface area (Å²) < 4.78 is 0. The van der Waals surface area contributed by atoms with E-state index in [2.05, 4.69) is 27.2 Å². The second kappa shape index (κ2) is 4.72. The van der Waals surface area contributed by atoms with Gasteiger partial charge in [0.1, 0.15) is 0 Å². The summed E-state index contributed by atoms with van der Waals surface area (Å²) in [5, 5.41) is 0. The molecule has 1 atom stereocenters. The molecule has 14 heavy (non-hydrogen) atoms. The Labute approximate surface area is 103 Å². The molecule has 0 amide bonds. The van der Waals surface area contributed by atoms with E-state index in [1.54, 1.807) is 22.3 Å². The minimum atomic E-state index is 0. The first-order chi connectivity index (χ1) is 6.25. The normalized spacial score (nSPS) is 25.8. The van der Waals surface area contributed by atoms with Crippen molar-refractivity contribution in [3.63, 3.8) is 0 Å². The molecule has 0 heterocycles. The summed E-state index contributed by atoms with van der Waals surface area (Å²) in [5.74, 6) is 0.784. The van der Waals surface area contributed by atoms with Crippen molar-refractivity contribution in [1.82, 2.24) is 0 Å². The van der Waals surface area contributed by atoms with Crippen molar-refractivity contribution in [3.8, 4) is 0 Å². The first-order valence-electron chi connectivity index (χ1n) is 5.49. The van der Waals surface area contributed by atoms with E-state index >= 15 is 0 Å². The van der Waals surface area contributed by atoms with Gasteiger partial charge in [-0.05, 0) is 0 Å². The van der Waals surface area contributed by atoms with Crippen LogP contribution in [0, 0.1) is 12.3 Å². The van der Waals surface area contributed by atoms with Gasteiger partial charge >= 0.3 is 0 Å². The molecular formula is C13H19Ti-. The summed E-state index contributed by atoms with van der Waals surface area (Å²) in [6.07, 6.45) is 7.75. The molecular weight excluding hydrogens is 204 g/mol. The third-order valence-corrected chi connectivity index (χ3v) is 3.69. The van der Waals surface area contributed by atoms with E-state index in [4.69, 9.17) is 0 Å². The fourth-order valence-corrected chi connectivity index (χ4v) is 2.85. The fourth-order valence-electron chi connectivity index (χ4n) is 2.85. The maximum absolute atomic E-state index is 2.45. The third kappa shape index (κ3) is 1.75. The van der Waals surface area contributed by atoms with Crippen LogP contribution in [0.25, 0.3) is 0 Å². The molecule has 2 aliphatic carbocycles. The monoisotopic (exact) mass is 223 g/mol. The average Bonchev–Trinajstić information content (AvgIpc) is 2.41. The first-order valence-corrected chi connectivity index (χ1v) is 5.49. The number of allylic oxidation sites excluding steroid dienone is 4. The molecule has 1 heteroatoms. The van der Waals surface area contributed by atoms with Gasteiger partial charge in [0.05, 0.1) is 0 Å². The molecule has 0 aromatic heterocycles. The predicted molar refractivity (Wildman–Crippen MR) is 57.3 cm³/mol. The van der Waals surface area contributed by atoms with Gasteiger partial charge in [-0.25, -0.2) is 0 Å². The van der Waals surface area contributed by atoms with Crippen LogP contribution in [0.3, 0.4) is 0 Å². The quantitative estimate of drug-likeness (QED) is 0.464. The van der Waals surface area contributed by atoms with Crippen LogP contribution in [0.5, 0.6) is 0 Å². The van der Waals surface area contributed by atoms with Crippen molar-refractivity contribution >= 4 is 0 Å². The molecule has 0 aromatic carbocycles. The van der Waals surface area contributed by atoms with E-state index in [0.717, 1.165) is 5.92 Å². The van der Waals surface area contributed by atoms with Crippen LogP contribution in [-0.2, 0) is 21.7 Å². The molecule has 2 rings (SSSR count). The molecule has 0 bridgehead atoms. The van der Waals surface area contributed by atoms with Crippen molar-refractivity contribution in [1.29, 1.82) is 0 Å². The van der Waals surface area contributed by atoms with Gasteiger partial charge in [0, 0.05) is 21.7 Å². The van der Waals surface area contributed by atoms with Crippen molar-refractivity contribution < 1.29 is 21.7 Å². The van der Waals surface area contributed by atoms with Crippen LogP contribution in [0.15, 0.2) is 22.3 Å². The maximum Gasteiger partial charge on any atom is 0 e. The van der Waals surface area contributed by atoms with Crippen LogP contribution in [0.1, 0.15) is 46.5 Å². The van der Waals surface area contributed by atoms with Crippen LogP contribution >= 0.6 is 0 Å². The molecule has 0 saturated carbocycles. The first kappa shape index (κ1) is 12.1. The molecule has 76 valence electrons. The Morgan fingerprint density at radius 3 is 2.71 bits per heavy atom. The zero-order valence-corrected chi connectivity index (χ0v) is 11.0. The molecule has 2 aliphatic rings. The van der Waals surface area contributed by atoms with E-state index in [-0.39, 0.29) is 21.7 Å². The summed E-state index contributed by atoms with van der Waals surface area (Å²) in [5.41, 5.74) is 6.55. The molecule has 0 saturated heterocycles. The minimum absolute atomic E-state index is 0. The van der Waals surface area contributed by atoms with Crippen molar-refractivity contribution in [3.05, 3.63) is 28.7 Å². The molecule has 1 unspecified atom stereocenters. The Balaban J connectivity index is 0.000000980. The van der Waals surface area contributed by atoms with E-state index in [1.807, 2.05) is 0 Å². The number of hydrogen-bond acceptors (Lipinski definition) is 0. The SMILES string of the molecule is CCC1C(C)=C(C)C2=C1CCC[CH-]2.[Ti]. The van der Waals surface area contributed by atoms with E-state index in [1.165, 1.54) is 25.7 Å². The third-order valence-electron chi connectivity index (χ3n) is 3.69. The number of rotatable bonds is 1. The largest absolute Gasteiger partial charge is 0.189 e. The predicted octanol–water partition coefficient (Wildman–Crippen LogP) is 4.04. The Hall–Kier alpha value is 0.0643. The molecule has 0 nitrogen and oxygen atoms in total. The summed E-state index contributed by atoms with van der Waals surface area (Å²) in [4.78, 5) is 0. The second-order valence-electron chi connectivity index (χ2n) is 4.30. The van der Waals surface area contributed by atoms with E-state index < -0.39 is 0 Å². The van der Waals surface area contributed by atoms with Gasteiger partial charge in [0.2, 0.25) is 0 Å². The summed E-state index contributed by atoms with van der Waals surface area (Å²) >= 11 is 0. The summed E-state index contributed by atoms with van der Waals surface area (Å²) in [7, 11) is 0. The zero-order valence-electron chi connectivity index (χ0n) is 9.48. The Bertz CT molecular complexity index is 284. The number of hydrogen-bond donors (Lipinski definition) is 0. The Morgan fingerprint density at radius 2 is 2.07 bits per heavy atom. The van der Waals surface area contributed by atoms with Gasteiger partial charge in [-0.2, -0.15) is 23.1 Å². The van der Waals surface area contributed by atoms with Crippen LogP contribution in [0.2, 0.25) is 0 Å². The minimum Gasteiger partial charge on any atom is -0.189 e. The van der Waals surface area contributed by atoms with E-state index in [0.29, 0.717) is 0 Å². The summed E-state index contributed by atoms with van der Waals surface area (Å²) in [6, 6.07) is 0. The molecule has 0 spiro atoms. The standard InChI is InChI=1S/C13H19.Ti/c1-4-11-9(2)10(3)12-7-5-6-8-13(11)12;/h7,11H,4-6,8H2,1-3H3;/q-1;. The Morgan fingerprint density at radius 1 is 1.36 bits per heavy atom. The molecule has 0 aliphatic heterocycles. The second-order valence-corrected chi connectivity index (χ2v) is 4.30. The zero-order chi connectivity index (χ0) is 9.42. The topological polar surface area (TPSA) is 0 Å². The van der Waals surface area contributed by atoms with Gasteiger partial charge in [-0.15, -0.1) is 5.57 Å². The Kier molecular flexibility index (Phi) is 4.09. The smallest absolute Gasteiger partial charge is 0 e. The van der Waals surface area contributed by atoms with Gasteiger partial charge in [0.25, 0.3) is 0 Å². The van der Waals surface area contributed by atoms with Gasteiger partial charge in [0.15, 0.2) is 0 Å².